The van der Waals surface area contributed by atoms with E-state index in [1.807, 2.05) is 0 Å². The van der Waals surface area contributed by atoms with E-state index in [-0.39, 0.29) is 32.5 Å². The van der Waals surface area contributed by atoms with Crippen molar-refractivity contribution in [3.63, 3.8) is 0 Å². The van der Waals surface area contributed by atoms with Crippen molar-refractivity contribution < 1.29 is 0 Å². The molecule has 2 aliphatic carbocycles. The standard InChI is InChI=1S/C58H67N/c1-53(2,3)37-22-26-45-47-28-24-42(35-51(47)58(15,16)49(45)32-37)59(41-23-27-46-44-19-17-18-20-48(44)57(13,14)50(46)34-41)52-33-38(54(4,5)6)21-25-43(52)36-29-39(55(7,8)9)31-40(30-36)56(10,11)12/h17-35H,1-16H3. The Hall–Kier alpha value is -4.88. The molecule has 59 heavy (non-hydrogen) atoms. The lowest BCUT2D eigenvalue weighted by molar-refractivity contribution is 0.569. The normalized spacial score (nSPS) is 15.4. The lowest BCUT2D eigenvalue weighted by Crippen LogP contribution is -2.20. The number of benzene rings is 6. The average Bonchev–Trinajstić information content (AvgIpc) is 3.52. The number of fused-ring (bicyclic) bond motifs is 6. The van der Waals surface area contributed by atoms with Crippen molar-refractivity contribution >= 4 is 17.1 Å². The Bertz CT molecular complexity index is 2600. The highest BCUT2D eigenvalue weighted by atomic mass is 15.1. The first-order chi connectivity index (χ1) is 27.3. The minimum Gasteiger partial charge on any atom is -0.310 e. The van der Waals surface area contributed by atoms with Gasteiger partial charge in [0.15, 0.2) is 0 Å². The van der Waals surface area contributed by atoms with Crippen LogP contribution in [0.2, 0.25) is 0 Å². The van der Waals surface area contributed by atoms with Gasteiger partial charge in [0.25, 0.3) is 0 Å². The van der Waals surface area contributed by atoms with Crippen LogP contribution in [0.4, 0.5) is 17.1 Å². The zero-order valence-electron chi connectivity index (χ0n) is 38.9. The third kappa shape index (κ3) is 6.87. The van der Waals surface area contributed by atoms with Crippen molar-refractivity contribution in [2.24, 2.45) is 0 Å². The highest BCUT2D eigenvalue weighted by Gasteiger charge is 2.39. The van der Waals surface area contributed by atoms with Crippen LogP contribution in [0.5, 0.6) is 0 Å². The number of hydrogen-bond acceptors (Lipinski definition) is 1. The Morgan fingerprint density at radius 3 is 1.22 bits per heavy atom. The molecular formula is C58H67N. The third-order valence-electron chi connectivity index (χ3n) is 13.7. The largest absolute Gasteiger partial charge is 0.310 e. The highest BCUT2D eigenvalue weighted by Crippen LogP contribution is 2.55. The van der Waals surface area contributed by atoms with E-state index in [1.165, 1.54) is 95.0 Å². The molecule has 0 aromatic heterocycles. The van der Waals surface area contributed by atoms with Crippen molar-refractivity contribution in [1.29, 1.82) is 0 Å². The molecule has 6 aromatic carbocycles. The molecule has 0 N–H and O–H groups in total. The molecule has 0 saturated heterocycles. The predicted molar refractivity (Wildman–Crippen MR) is 256 cm³/mol. The summed E-state index contributed by atoms with van der Waals surface area (Å²) in [6.45, 7) is 37.6. The van der Waals surface area contributed by atoms with E-state index in [0.29, 0.717) is 0 Å². The molecule has 0 radical (unpaired) electrons. The van der Waals surface area contributed by atoms with Gasteiger partial charge in [-0.05, 0) is 124 Å². The van der Waals surface area contributed by atoms with Gasteiger partial charge in [0.05, 0.1) is 5.69 Å². The number of nitrogens with zero attached hydrogens (tertiary/aromatic N) is 1. The van der Waals surface area contributed by atoms with Gasteiger partial charge < -0.3 is 4.90 Å². The minimum atomic E-state index is -0.159. The van der Waals surface area contributed by atoms with E-state index in [4.69, 9.17) is 0 Å². The van der Waals surface area contributed by atoms with Gasteiger partial charge in [-0.3, -0.25) is 0 Å². The molecule has 0 aliphatic heterocycles. The fourth-order valence-corrected chi connectivity index (χ4v) is 9.67. The molecule has 0 spiro atoms. The summed E-state index contributed by atoms with van der Waals surface area (Å²) in [5.41, 5.74) is 22.2. The van der Waals surface area contributed by atoms with Crippen LogP contribution >= 0.6 is 0 Å². The predicted octanol–water partition coefficient (Wildman–Crippen LogP) is 16.6. The molecule has 0 fully saturated rings. The summed E-state index contributed by atoms with van der Waals surface area (Å²) in [6, 6.07) is 45.4. The molecular weight excluding hydrogens is 711 g/mol. The Labute approximate surface area is 356 Å². The molecule has 0 amide bonds. The van der Waals surface area contributed by atoms with Crippen LogP contribution in [0.3, 0.4) is 0 Å². The summed E-state index contributed by atoms with van der Waals surface area (Å²) in [4.78, 5) is 2.59. The van der Waals surface area contributed by atoms with Crippen molar-refractivity contribution in [3.05, 3.63) is 160 Å². The second kappa shape index (κ2) is 13.3. The molecule has 0 saturated carbocycles. The Morgan fingerprint density at radius 2 is 0.729 bits per heavy atom. The molecule has 0 heterocycles. The van der Waals surface area contributed by atoms with E-state index in [1.54, 1.807) is 0 Å². The summed E-state index contributed by atoms with van der Waals surface area (Å²) in [7, 11) is 0. The Kier molecular flexibility index (Phi) is 9.22. The van der Waals surface area contributed by atoms with Crippen LogP contribution in [0, 0.1) is 0 Å². The van der Waals surface area contributed by atoms with Crippen molar-refractivity contribution in [2.45, 2.75) is 143 Å². The van der Waals surface area contributed by atoms with Gasteiger partial charge >= 0.3 is 0 Å². The first-order valence-electron chi connectivity index (χ1n) is 21.9. The molecule has 304 valence electrons. The first-order valence-corrected chi connectivity index (χ1v) is 21.9. The minimum absolute atomic E-state index is 0.00475. The molecule has 0 bridgehead atoms. The van der Waals surface area contributed by atoms with Crippen LogP contribution < -0.4 is 4.90 Å². The maximum Gasteiger partial charge on any atom is 0.0542 e. The fraction of sp³-hybridized carbons (Fsp3) is 0.379. The molecule has 2 aliphatic rings. The van der Waals surface area contributed by atoms with Gasteiger partial charge in [0, 0.05) is 27.8 Å². The van der Waals surface area contributed by atoms with Gasteiger partial charge in [-0.25, -0.2) is 0 Å². The van der Waals surface area contributed by atoms with E-state index in [2.05, 4.69) is 231 Å². The molecule has 0 unspecified atom stereocenters. The zero-order chi connectivity index (χ0) is 42.8. The third-order valence-corrected chi connectivity index (χ3v) is 13.7. The van der Waals surface area contributed by atoms with Gasteiger partial charge in [-0.1, -0.05) is 196 Å². The second-order valence-electron chi connectivity index (χ2n) is 22.9. The lowest BCUT2D eigenvalue weighted by Gasteiger charge is -2.33. The summed E-state index contributed by atoms with van der Waals surface area (Å²) >= 11 is 0. The molecule has 6 aromatic rings. The summed E-state index contributed by atoms with van der Waals surface area (Å²) in [5, 5.41) is 0. The molecule has 8 rings (SSSR count). The summed E-state index contributed by atoms with van der Waals surface area (Å²) in [5.74, 6) is 0. The fourth-order valence-electron chi connectivity index (χ4n) is 9.67. The second-order valence-corrected chi connectivity index (χ2v) is 22.9. The summed E-state index contributed by atoms with van der Waals surface area (Å²) in [6.07, 6.45) is 0. The van der Waals surface area contributed by atoms with Crippen LogP contribution in [-0.4, -0.2) is 0 Å². The SMILES string of the molecule is CC(C)(C)c1cc(-c2ccc(C(C)(C)C)cc2N(c2ccc3c(c2)C(C)(C)c2ccccc2-3)c2ccc3c(c2)C(C)(C)c2cc(C(C)(C)C)ccc2-3)cc(C(C)(C)C)c1. The van der Waals surface area contributed by atoms with Gasteiger partial charge in [0.1, 0.15) is 0 Å². The Morgan fingerprint density at radius 1 is 0.339 bits per heavy atom. The van der Waals surface area contributed by atoms with Gasteiger partial charge in [-0.2, -0.15) is 0 Å². The topological polar surface area (TPSA) is 3.24 Å². The smallest absolute Gasteiger partial charge is 0.0542 e. The van der Waals surface area contributed by atoms with Gasteiger partial charge in [0.2, 0.25) is 0 Å². The van der Waals surface area contributed by atoms with Crippen molar-refractivity contribution in [2.75, 3.05) is 4.90 Å². The van der Waals surface area contributed by atoms with E-state index >= 15 is 0 Å². The van der Waals surface area contributed by atoms with Crippen molar-refractivity contribution in [1.82, 2.24) is 0 Å². The lowest BCUT2D eigenvalue weighted by atomic mass is 9.78. The van der Waals surface area contributed by atoms with E-state index < -0.39 is 0 Å². The average molecular weight is 778 g/mol. The summed E-state index contributed by atoms with van der Waals surface area (Å²) < 4.78 is 0. The molecule has 0 atom stereocenters. The van der Waals surface area contributed by atoms with Crippen LogP contribution in [0.15, 0.2) is 115 Å². The number of rotatable bonds is 4. The zero-order valence-corrected chi connectivity index (χ0v) is 38.9. The quantitative estimate of drug-likeness (QED) is 0.172. The highest BCUT2D eigenvalue weighted by molar-refractivity contribution is 5.93. The van der Waals surface area contributed by atoms with Gasteiger partial charge in [-0.15, -0.1) is 0 Å². The van der Waals surface area contributed by atoms with Crippen LogP contribution in [-0.2, 0) is 32.5 Å². The van der Waals surface area contributed by atoms with Crippen LogP contribution in [0.25, 0.3) is 33.4 Å². The van der Waals surface area contributed by atoms with E-state index in [9.17, 15) is 0 Å². The Balaban J connectivity index is 1.43. The monoisotopic (exact) mass is 778 g/mol. The van der Waals surface area contributed by atoms with E-state index in [0.717, 1.165) is 0 Å². The molecule has 1 nitrogen and oxygen atoms in total. The molecule has 1 heteroatoms. The first kappa shape index (κ1) is 40.9. The number of anilines is 3. The number of hydrogen-bond donors (Lipinski definition) is 0. The maximum absolute atomic E-state index is 2.59. The maximum atomic E-state index is 2.59. The van der Waals surface area contributed by atoms with Crippen molar-refractivity contribution in [3.8, 4) is 33.4 Å². The van der Waals surface area contributed by atoms with Crippen LogP contribution in [0.1, 0.15) is 155 Å².